The minimum atomic E-state index is -0.0945. The van der Waals surface area contributed by atoms with Crippen molar-refractivity contribution in [2.45, 2.75) is 32.4 Å². The standard InChI is InChI=1S/C18H24N2O2/c1-4-7-18(21)20(16-10-12-19(2)13-11-16)14-15-8-5-6-9-17(15)22-3/h5-6,8-9,16H,10-14H2,1-3H3. The van der Waals surface area contributed by atoms with E-state index in [-0.39, 0.29) is 11.9 Å². The number of amides is 1. The van der Waals surface area contributed by atoms with Crippen LogP contribution in [0.4, 0.5) is 0 Å². The summed E-state index contributed by atoms with van der Waals surface area (Å²) < 4.78 is 5.41. The Morgan fingerprint density at radius 2 is 2.05 bits per heavy atom. The maximum absolute atomic E-state index is 12.4. The molecule has 0 aliphatic carbocycles. The summed E-state index contributed by atoms with van der Waals surface area (Å²) in [6, 6.07) is 8.09. The summed E-state index contributed by atoms with van der Waals surface area (Å²) in [6.45, 7) is 4.28. The van der Waals surface area contributed by atoms with Gasteiger partial charge in [-0.15, -0.1) is 0 Å². The van der Waals surface area contributed by atoms with Crippen molar-refractivity contribution in [3.63, 3.8) is 0 Å². The van der Waals surface area contributed by atoms with E-state index < -0.39 is 0 Å². The van der Waals surface area contributed by atoms with E-state index in [0.717, 1.165) is 37.2 Å². The summed E-state index contributed by atoms with van der Waals surface area (Å²) in [4.78, 5) is 16.6. The van der Waals surface area contributed by atoms with Crippen molar-refractivity contribution in [1.82, 2.24) is 9.80 Å². The van der Waals surface area contributed by atoms with Gasteiger partial charge in [-0.1, -0.05) is 24.1 Å². The average Bonchev–Trinajstić information content (AvgIpc) is 2.54. The quantitative estimate of drug-likeness (QED) is 0.799. The highest BCUT2D eigenvalue weighted by atomic mass is 16.5. The fourth-order valence-electron chi connectivity index (χ4n) is 2.87. The molecule has 118 valence electrons. The number of hydrogen-bond donors (Lipinski definition) is 0. The SMILES string of the molecule is CC#CC(=O)N(Cc1ccccc1OC)C1CCN(C)CC1. The number of carbonyl (C=O) groups is 1. The lowest BCUT2D eigenvalue weighted by Gasteiger charge is -2.36. The number of hydrogen-bond acceptors (Lipinski definition) is 3. The number of rotatable bonds is 4. The molecule has 1 aliphatic rings. The summed E-state index contributed by atoms with van der Waals surface area (Å²) in [6.07, 6.45) is 1.98. The zero-order chi connectivity index (χ0) is 15.9. The van der Waals surface area contributed by atoms with E-state index in [2.05, 4.69) is 23.8 Å². The monoisotopic (exact) mass is 300 g/mol. The largest absolute Gasteiger partial charge is 0.496 e. The summed E-state index contributed by atoms with van der Waals surface area (Å²) >= 11 is 0. The van der Waals surface area contributed by atoms with Gasteiger partial charge in [0.15, 0.2) is 0 Å². The maximum atomic E-state index is 12.4. The lowest BCUT2D eigenvalue weighted by Crippen LogP contribution is -2.45. The fraction of sp³-hybridized carbons (Fsp3) is 0.500. The Balaban J connectivity index is 2.20. The second-order valence-electron chi connectivity index (χ2n) is 5.65. The highest BCUT2D eigenvalue weighted by Crippen LogP contribution is 2.23. The van der Waals surface area contributed by atoms with Crippen LogP contribution >= 0.6 is 0 Å². The van der Waals surface area contributed by atoms with Crippen LogP contribution < -0.4 is 4.74 Å². The Morgan fingerprint density at radius 1 is 1.36 bits per heavy atom. The number of carbonyl (C=O) groups excluding carboxylic acids is 1. The lowest BCUT2D eigenvalue weighted by atomic mass is 10.0. The van der Waals surface area contributed by atoms with Gasteiger partial charge in [0.2, 0.25) is 0 Å². The molecule has 1 fully saturated rings. The number of ether oxygens (including phenoxy) is 1. The summed E-state index contributed by atoms with van der Waals surface area (Å²) in [7, 11) is 3.78. The second kappa shape index (κ2) is 7.86. The van der Waals surface area contributed by atoms with Crippen molar-refractivity contribution in [2.75, 3.05) is 27.2 Å². The van der Waals surface area contributed by atoms with Crippen LogP contribution in [0, 0.1) is 11.8 Å². The third kappa shape index (κ3) is 4.02. The van der Waals surface area contributed by atoms with Gasteiger partial charge in [0.05, 0.1) is 13.7 Å². The molecule has 0 atom stereocenters. The molecule has 0 aromatic heterocycles. The van der Waals surface area contributed by atoms with E-state index in [4.69, 9.17) is 4.74 Å². The van der Waals surface area contributed by atoms with E-state index >= 15 is 0 Å². The van der Waals surface area contributed by atoms with Crippen molar-refractivity contribution in [3.05, 3.63) is 29.8 Å². The molecule has 4 nitrogen and oxygen atoms in total. The topological polar surface area (TPSA) is 32.8 Å². The zero-order valence-corrected chi connectivity index (χ0v) is 13.6. The molecule has 1 aromatic carbocycles. The minimum Gasteiger partial charge on any atom is -0.496 e. The smallest absolute Gasteiger partial charge is 0.299 e. The highest BCUT2D eigenvalue weighted by Gasteiger charge is 2.26. The molecule has 0 radical (unpaired) electrons. The van der Waals surface area contributed by atoms with E-state index in [0.29, 0.717) is 6.54 Å². The molecule has 0 N–H and O–H groups in total. The van der Waals surface area contributed by atoms with Crippen molar-refractivity contribution in [3.8, 4) is 17.6 Å². The Kier molecular flexibility index (Phi) is 5.85. The molecule has 22 heavy (non-hydrogen) atoms. The van der Waals surface area contributed by atoms with Crippen molar-refractivity contribution in [2.24, 2.45) is 0 Å². The van der Waals surface area contributed by atoms with Gasteiger partial charge in [-0.2, -0.15) is 0 Å². The van der Waals surface area contributed by atoms with Crippen LogP contribution in [0.15, 0.2) is 24.3 Å². The summed E-state index contributed by atoms with van der Waals surface area (Å²) in [5, 5.41) is 0. The predicted molar refractivity (Wildman–Crippen MR) is 87.5 cm³/mol. The average molecular weight is 300 g/mol. The molecule has 1 heterocycles. The van der Waals surface area contributed by atoms with Crippen LogP contribution in [0.3, 0.4) is 0 Å². The van der Waals surface area contributed by atoms with E-state index in [9.17, 15) is 4.79 Å². The van der Waals surface area contributed by atoms with E-state index in [1.807, 2.05) is 29.2 Å². The first-order chi connectivity index (χ1) is 10.7. The number of benzene rings is 1. The number of likely N-dealkylation sites (tertiary alicyclic amines) is 1. The van der Waals surface area contributed by atoms with Crippen LogP contribution in [0.2, 0.25) is 0 Å². The van der Waals surface area contributed by atoms with Crippen LogP contribution in [-0.4, -0.2) is 49.0 Å². The molecule has 2 rings (SSSR count). The Hall–Kier alpha value is -1.99. The Labute approximate surface area is 133 Å². The Bertz CT molecular complexity index is 566. The number of para-hydroxylation sites is 1. The molecule has 0 spiro atoms. The molecule has 1 aliphatic heterocycles. The number of piperidine rings is 1. The van der Waals surface area contributed by atoms with E-state index in [1.54, 1.807) is 14.0 Å². The normalized spacial score (nSPS) is 15.8. The molecule has 0 unspecified atom stereocenters. The Morgan fingerprint density at radius 3 is 2.68 bits per heavy atom. The third-order valence-corrected chi connectivity index (χ3v) is 4.15. The third-order valence-electron chi connectivity index (χ3n) is 4.15. The van der Waals surface area contributed by atoms with Crippen molar-refractivity contribution >= 4 is 5.91 Å². The van der Waals surface area contributed by atoms with Crippen molar-refractivity contribution in [1.29, 1.82) is 0 Å². The molecular formula is C18H24N2O2. The predicted octanol–water partition coefficient (Wildman–Crippen LogP) is 2.14. The molecule has 1 aromatic rings. The molecule has 0 bridgehead atoms. The van der Waals surface area contributed by atoms with Crippen LogP contribution in [-0.2, 0) is 11.3 Å². The number of methoxy groups -OCH3 is 1. The van der Waals surface area contributed by atoms with Crippen LogP contribution in [0.25, 0.3) is 0 Å². The van der Waals surface area contributed by atoms with Crippen molar-refractivity contribution < 1.29 is 9.53 Å². The number of nitrogens with zero attached hydrogens (tertiary/aromatic N) is 2. The first-order valence-electron chi connectivity index (χ1n) is 7.69. The molecular weight excluding hydrogens is 276 g/mol. The minimum absolute atomic E-state index is 0.0945. The van der Waals surface area contributed by atoms with Gasteiger partial charge in [-0.25, -0.2) is 0 Å². The molecule has 4 heteroatoms. The summed E-state index contributed by atoms with van der Waals surface area (Å²) in [5.41, 5.74) is 1.02. The van der Waals surface area contributed by atoms with Gasteiger partial charge in [0.25, 0.3) is 5.91 Å². The zero-order valence-electron chi connectivity index (χ0n) is 13.6. The van der Waals surface area contributed by atoms with Gasteiger partial charge in [0, 0.05) is 11.6 Å². The first kappa shape index (κ1) is 16.4. The molecule has 1 saturated heterocycles. The molecule has 0 saturated carbocycles. The first-order valence-corrected chi connectivity index (χ1v) is 7.69. The highest BCUT2D eigenvalue weighted by molar-refractivity contribution is 5.93. The summed E-state index contributed by atoms with van der Waals surface area (Å²) in [5.74, 6) is 6.14. The van der Waals surface area contributed by atoms with Crippen LogP contribution in [0.5, 0.6) is 5.75 Å². The van der Waals surface area contributed by atoms with E-state index in [1.165, 1.54) is 0 Å². The van der Waals surface area contributed by atoms with Crippen LogP contribution in [0.1, 0.15) is 25.3 Å². The van der Waals surface area contributed by atoms with Gasteiger partial charge < -0.3 is 14.5 Å². The van der Waals surface area contributed by atoms with Gasteiger partial charge >= 0.3 is 0 Å². The van der Waals surface area contributed by atoms with Gasteiger partial charge in [-0.3, -0.25) is 4.79 Å². The fourth-order valence-corrected chi connectivity index (χ4v) is 2.87. The molecule has 1 amide bonds. The lowest BCUT2D eigenvalue weighted by molar-refractivity contribution is -0.129. The van der Waals surface area contributed by atoms with Gasteiger partial charge in [-0.05, 0) is 51.9 Å². The maximum Gasteiger partial charge on any atom is 0.299 e. The van der Waals surface area contributed by atoms with Gasteiger partial charge in [0.1, 0.15) is 5.75 Å². The second-order valence-corrected chi connectivity index (χ2v) is 5.65.